The number of rotatable bonds is 2. The molecule has 4 N–H and O–H groups in total. The van der Waals surface area contributed by atoms with Gasteiger partial charge in [0.25, 0.3) is 10.2 Å². The summed E-state index contributed by atoms with van der Waals surface area (Å²) in [6.07, 6.45) is 0.203. The van der Waals surface area contributed by atoms with E-state index in [-0.39, 0.29) is 12.3 Å². The molecule has 0 saturated heterocycles. The monoisotopic (exact) mass is 362 g/mol. The lowest BCUT2D eigenvalue weighted by Gasteiger charge is -2.09. The largest absolute Gasteiger partial charge is 0.358 e. The first kappa shape index (κ1) is 19.8. The molecule has 12 heteroatoms. The zero-order valence-corrected chi connectivity index (χ0v) is 9.90. The van der Waals surface area contributed by atoms with Crippen molar-refractivity contribution in [2.24, 2.45) is 0 Å². The van der Waals surface area contributed by atoms with Gasteiger partial charge in [0, 0.05) is 12.3 Å². The Morgan fingerprint density at radius 3 is 1.40 bits per heavy atom. The summed E-state index contributed by atoms with van der Waals surface area (Å²) >= 11 is 6.66. The first-order valence-corrected chi connectivity index (χ1v) is 4.50. The van der Waals surface area contributed by atoms with Gasteiger partial charge in [0.05, 0.1) is 0 Å². The summed E-state index contributed by atoms with van der Waals surface area (Å²) in [5.41, 5.74) is 0. The molecule has 0 spiro atoms. The molecule has 10 nitrogen and oxygen atoms in total. The van der Waals surface area contributed by atoms with E-state index in [1.54, 1.807) is 0 Å². The number of halogens is 2. The quantitative estimate of drug-likeness (QED) is 0.175. The van der Waals surface area contributed by atoms with Crippen molar-refractivity contribution in [3.8, 4) is 0 Å². The molecule has 0 bridgehead atoms. The number of aliphatic hydroxyl groups is 2. The SMILES string of the molecule is O=[N+]([O-])O.O=[N+]([O-])O.OC(O)(I)CCCl. The molecule has 0 saturated carbocycles. The lowest BCUT2D eigenvalue weighted by atomic mass is 10.5. The lowest BCUT2D eigenvalue weighted by Crippen LogP contribution is -2.18. The molecule has 0 heterocycles. The van der Waals surface area contributed by atoms with Gasteiger partial charge in [-0.15, -0.1) is 31.8 Å². The molecule has 15 heavy (non-hydrogen) atoms. The number of alkyl halides is 2. The van der Waals surface area contributed by atoms with E-state index in [0.29, 0.717) is 0 Å². The van der Waals surface area contributed by atoms with Crippen LogP contribution in [0.25, 0.3) is 0 Å². The minimum absolute atomic E-state index is 0.203. The topological polar surface area (TPSA) is 167 Å². The van der Waals surface area contributed by atoms with E-state index in [2.05, 4.69) is 0 Å². The van der Waals surface area contributed by atoms with E-state index in [1.807, 2.05) is 0 Å². The van der Waals surface area contributed by atoms with Crippen LogP contribution in [0.15, 0.2) is 0 Å². The third kappa shape index (κ3) is 154. The maximum absolute atomic E-state index is 8.48. The minimum atomic E-state index is -1.61. The van der Waals surface area contributed by atoms with Crippen molar-refractivity contribution in [3.05, 3.63) is 20.2 Å². The van der Waals surface area contributed by atoms with Crippen LogP contribution < -0.4 is 0 Å². The molecular weight excluding hydrogens is 354 g/mol. The second-order valence-corrected chi connectivity index (χ2v) is 3.74. The minimum Gasteiger partial charge on any atom is -0.358 e. The predicted octanol–water partition coefficient (Wildman–Crippen LogP) is -0.00670. The van der Waals surface area contributed by atoms with Crippen molar-refractivity contribution in [3.63, 3.8) is 0 Å². The van der Waals surface area contributed by atoms with Gasteiger partial charge in [-0.3, -0.25) is 0 Å². The van der Waals surface area contributed by atoms with E-state index in [0.717, 1.165) is 0 Å². The first-order valence-electron chi connectivity index (χ1n) is 2.89. The van der Waals surface area contributed by atoms with Crippen LogP contribution in [0.1, 0.15) is 6.42 Å². The Labute approximate surface area is 101 Å². The summed E-state index contributed by atoms with van der Waals surface area (Å²) in [4.78, 5) is 16.7. The maximum atomic E-state index is 8.48. The highest BCUT2D eigenvalue weighted by Crippen LogP contribution is 2.14. The average molecular weight is 362 g/mol. The van der Waals surface area contributed by atoms with Gasteiger partial charge in [-0.2, -0.15) is 0 Å². The molecule has 0 atom stereocenters. The third-order valence-electron chi connectivity index (χ3n) is 0.413. The van der Waals surface area contributed by atoms with Crippen LogP contribution in [0, 0.1) is 20.2 Å². The Balaban J connectivity index is -0.000000155. The van der Waals surface area contributed by atoms with Gasteiger partial charge in [-0.05, 0) is 22.6 Å². The third-order valence-corrected chi connectivity index (χ3v) is 1.14. The second kappa shape index (κ2) is 11.4. The Morgan fingerprint density at radius 1 is 1.20 bits per heavy atom. The highest BCUT2D eigenvalue weighted by Gasteiger charge is 2.14. The summed E-state index contributed by atoms with van der Waals surface area (Å²) in [5.74, 6) is 0.274. The van der Waals surface area contributed by atoms with E-state index in [9.17, 15) is 0 Å². The van der Waals surface area contributed by atoms with Crippen LogP contribution in [0.2, 0.25) is 0 Å². The Morgan fingerprint density at radius 2 is 1.40 bits per heavy atom. The fourth-order valence-electron chi connectivity index (χ4n) is 0.120. The van der Waals surface area contributed by atoms with E-state index >= 15 is 0 Å². The summed E-state index contributed by atoms with van der Waals surface area (Å²) in [6.45, 7) is 0. The first-order chi connectivity index (χ1) is 6.52. The standard InChI is InChI=1S/C3H6ClIO2.2HNO3/c4-2-1-3(5,6)7;2*2-1(3)4/h6-7H,1-2H2;2*(H,2,3,4). The van der Waals surface area contributed by atoms with Gasteiger partial charge in [-0.1, -0.05) is 0 Å². The Hall–Kier alpha value is -0.660. The summed E-state index contributed by atoms with van der Waals surface area (Å²) < 4.78 is -1.61. The molecule has 0 aromatic carbocycles. The molecule has 0 radical (unpaired) electrons. The molecule has 0 fully saturated rings. The van der Waals surface area contributed by atoms with Crippen LogP contribution in [0.3, 0.4) is 0 Å². The fraction of sp³-hybridized carbons (Fsp3) is 1.00. The summed E-state index contributed by atoms with van der Waals surface area (Å²) in [5, 5.41) is 44.2. The number of hydrogen-bond acceptors (Lipinski definition) is 6. The maximum Gasteiger partial charge on any atom is 0.291 e. The highest BCUT2D eigenvalue weighted by molar-refractivity contribution is 14.1. The van der Waals surface area contributed by atoms with Crippen LogP contribution in [-0.4, -0.2) is 40.5 Å². The van der Waals surface area contributed by atoms with Crippen LogP contribution >= 0.6 is 34.2 Å². The highest BCUT2D eigenvalue weighted by atomic mass is 127. The van der Waals surface area contributed by atoms with Crippen molar-refractivity contribution in [2.45, 2.75) is 10.2 Å². The van der Waals surface area contributed by atoms with E-state index < -0.39 is 14.0 Å². The molecule has 0 aromatic heterocycles. The lowest BCUT2D eigenvalue weighted by molar-refractivity contribution is -0.742. The van der Waals surface area contributed by atoms with Crippen molar-refractivity contribution in [2.75, 3.05) is 5.88 Å². The van der Waals surface area contributed by atoms with Crippen molar-refractivity contribution in [1.82, 2.24) is 0 Å². The molecule has 0 amide bonds. The fourth-order valence-corrected chi connectivity index (χ4v) is 0.972. The van der Waals surface area contributed by atoms with Gasteiger partial charge >= 0.3 is 0 Å². The molecule has 0 aliphatic heterocycles. The molecule has 92 valence electrons. The second-order valence-electron chi connectivity index (χ2n) is 1.63. The zero-order valence-electron chi connectivity index (χ0n) is 6.99. The predicted molar refractivity (Wildman–Crippen MR) is 54.1 cm³/mol. The number of hydrogen-bond donors (Lipinski definition) is 4. The van der Waals surface area contributed by atoms with Gasteiger partial charge < -0.3 is 20.6 Å². The average Bonchev–Trinajstić information content (AvgIpc) is 1.79. The van der Waals surface area contributed by atoms with Crippen molar-refractivity contribution < 1.29 is 30.8 Å². The van der Waals surface area contributed by atoms with Gasteiger partial charge in [0.2, 0.25) is 3.79 Å². The van der Waals surface area contributed by atoms with Gasteiger partial charge in [0.15, 0.2) is 0 Å². The summed E-state index contributed by atoms with van der Waals surface area (Å²) in [7, 11) is 0. The number of nitrogens with zero attached hydrogens (tertiary/aromatic N) is 2. The molecule has 0 aliphatic carbocycles. The van der Waals surface area contributed by atoms with E-state index in [1.165, 1.54) is 22.6 Å². The zero-order chi connectivity index (χ0) is 13.1. The van der Waals surface area contributed by atoms with Gasteiger partial charge in [-0.25, -0.2) is 0 Å². The molecule has 0 rings (SSSR count). The van der Waals surface area contributed by atoms with Crippen molar-refractivity contribution >= 4 is 34.2 Å². The Bertz CT molecular complexity index is 163. The van der Waals surface area contributed by atoms with Crippen LogP contribution in [0.4, 0.5) is 0 Å². The molecule has 0 aromatic rings. The molecular formula is C3H8ClIN2O8. The van der Waals surface area contributed by atoms with E-state index in [4.69, 9.17) is 52.5 Å². The van der Waals surface area contributed by atoms with Crippen LogP contribution in [-0.2, 0) is 0 Å². The van der Waals surface area contributed by atoms with Crippen molar-refractivity contribution in [1.29, 1.82) is 0 Å². The normalized spacial score (nSPS) is 8.80. The summed E-state index contributed by atoms with van der Waals surface area (Å²) in [6, 6.07) is 0. The van der Waals surface area contributed by atoms with Crippen LogP contribution in [0.5, 0.6) is 0 Å². The molecule has 0 aliphatic rings. The Kier molecular flexibility index (Phi) is 15.1. The molecule has 0 unspecified atom stereocenters. The smallest absolute Gasteiger partial charge is 0.291 e. The van der Waals surface area contributed by atoms with Gasteiger partial charge in [0.1, 0.15) is 0 Å².